The second-order valence-electron chi connectivity index (χ2n) is 6.62. The van der Waals surface area contributed by atoms with Crippen molar-refractivity contribution >= 4 is 21.7 Å². The average Bonchev–Trinajstić information content (AvgIpc) is 2.62. The molecule has 0 unspecified atom stereocenters. The minimum Gasteiger partial charge on any atom is -0.465 e. The molecule has 3 aromatic rings. The summed E-state index contributed by atoms with van der Waals surface area (Å²) in [6.07, 6.45) is 1.23. The van der Waals surface area contributed by atoms with Crippen LogP contribution in [-0.2, 0) is 16.7 Å². The smallest absolute Gasteiger partial charge is 0.465 e. The fraction of sp³-hybridized carbons (Fsp3) is 0.200. The third-order valence-electron chi connectivity index (χ3n) is 4.13. The number of aromatic nitrogens is 2. The van der Waals surface area contributed by atoms with Gasteiger partial charge in [-0.3, -0.25) is 0 Å². The summed E-state index contributed by atoms with van der Waals surface area (Å²) in [5.41, 5.74) is 2.95. The molecule has 7 nitrogen and oxygen atoms in total. The molecule has 9 heteroatoms. The van der Waals surface area contributed by atoms with E-state index in [9.17, 15) is 8.42 Å². The molecular weight excluding hydrogens is 414 g/mol. The van der Waals surface area contributed by atoms with Gasteiger partial charge in [-0.05, 0) is 42.1 Å². The predicted octanol–water partition coefficient (Wildman–Crippen LogP) is 3.01. The average molecular weight is 435 g/mol. The van der Waals surface area contributed by atoms with Gasteiger partial charge in [0, 0.05) is 0 Å². The van der Waals surface area contributed by atoms with Crippen molar-refractivity contribution in [2.24, 2.45) is 0 Å². The second-order valence-corrected chi connectivity index (χ2v) is 8.49. The van der Waals surface area contributed by atoms with Gasteiger partial charge in [0.25, 0.3) is 0 Å². The molecule has 0 radical (unpaired) electrons. The van der Waals surface area contributed by atoms with E-state index < -0.39 is 10.1 Å². The molecule has 0 saturated heterocycles. The van der Waals surface area contributed by atoms with Crippen LogP contribution in [0.4, 0.5) is 0 Å². The number of aryl methyl sites for hydroxylation is 3. The molecule has 0 aliphatic rings. The van der Waals surface area contributed by atoms with Gasteiger partial charge in [0.15, 0.2) is 5.15 Å². The van der Waals surface area contributed by atoms with E-state index in [-0.39, 0.29) is 28.4 Å². The summed E-state index contributed by atoms with van der Waals surface area (Å²) < 4.78 is 38.0. The SMILES string of the molecule is Cc1cc(C)c(S(=O)(=O)Oc2c(OCc3ccccc3)nc(Cl)c[n+]2N)c(C)c1. The molecule has 29 heavy (non-hydrogen) atoms. The van der Waals surface area contributed by atoms with Gasteiger partial charge in [-0.1, -0.05) is 59.6 Å². The van der Waals surface area contributed by atoms with Crippen LogP contribution >= 0.6 is 11.6 Å². The summed E-state index contributed by atoms with van der Waals surface area (Å²) in [4.78, 5) is 4.11. The molecule has 3 rings (SSSR count). The monoisotopic (exact) mass is 434 g/mol. The molecule has 0 fully saturated rings. The molecule has 1 heterocycles. The van der Waals surface area contributed by atoms with E-state index in [1.807, 2.05) is 37.3 Å². The van der Waals surface area contributed by atoms with Crippen molar-refractivity contribution < 1.29 is 22.0 Å². The predicted molar refractivity (Wildman–Crippen MR) is 109 cm³/mol. The van der Waals surface area contributed by atoms with E-state index >= 15 is 0 Å². The highest BCUT2D eigenvalue weighted by molar-refractivity contribution is 7.87. The number of halogens is 1. The van der Waals surface area contributed by atoms with Gasteiger partial charge in [0.2, 0.25) is 6.20 Å². The van der Waals surface area contributed by atoms with Gasteiger partial charge < -0.3 is 8.92 Å². The van der Waals surface area contributed by atoms with Crippen LogP contribution < -0.4 is 19.4 Å². The number of nitrogens with zero attached hydrogens (tertiary/aromatic N) is 2. The number of hydrogen-bond donors (Lipinski definition) is 1. The summed E-state index contributed by atoms with van der Waals surface area (Å²) in [7, 11) is -4.20. The van der Waals surface area contributed by atoms with Crippen LogP contribution in [0, 0.1) is 20.8 Å². The minimum atomic E-state index is -4.20. The summed E-state index contributed by atoms with van der Waals surface area (Å²) >= 11 is 5.96. The van der Waals surface area contributed by atoms with Gasteiger partial charge in [0.05, 0.1) is 0 Å². The Balaban J connectivity index is 1.98. The highest BCUT2D eigenvalue weighted by Gasteiger charge is 2.31. The molecule has 0 bridgehead atoms. The molecule has 152 valence electrons. The first-order valence-electron chi connectivity index (χ1n) is 8.73. The summed E-state index contributed by atoms with van der Waals surface area (Å²) in [5.74, 6) is 5.50. The Kier molecular flexibility index (Phi) is 5.95. The lowest BCUT2D eigenvalue weighted by Crippen LogP contribution is -2.46. The Morgan fingerprint density at radius 1 is 1.10 bits per heavy atom. The quantitative estimate of drug-likeness (QED) is 0.364. The van der Waals surface area contributed by atoms with Crippen LogP contribution in [0.3, 0.4) is 0 Å². The maximum absolute atomic E-state index is 13.0. The first kappa shape index (κ1) is 20.9. The molecule has 0 spiro atoms. The van der Waals surface area contributed by atoms with Gasteiger partial charge in [-0.15, -0.1) is 0 Å². The number of nitrogens with two attached hydrogens (primary N) is 1. The van der Waals surface area contributed by atoms with Crippen molar-refractivity contribution in [3.05, 3.63) is 76.1 Å². The Morgan fingerprint density at radius 3 is 2.34 bits per heavy atom. The van der Waals surface area contributed by atoms with Crippen molar-refractivity contribution in [3.8, 4) is 11.8 Å². The molecule has 2 aromatic carbocycles. The zero-order valence-corrected chi connectivity index (χ0v) is 17.8. The molecule has 0 aliphatic heterocycles. The lowest BCUT2D eigenvalue weighted by atomic mass is 10.1. The van der Waals surface area contributed by atoms with Crippen molar-refractivity contribution in [1.82, 2.24) is 4.98 Å². The highest BCUT2D eigenvalue weighted by atomic mass is 35.5. The minimum absolute atomic E-state index is 0.0306. The molecule has 1 aromatic heterocycles. The van der Waals surface area contributed by atoms with Crippen LogP contribution in [0.15, 0.2) is 53.6 Å². The molecular formula is C20H21ClN3O4S+. The fourth-order valence-corrected chi connectivity index (χ4v) is 4.60. The second kappa shape index (κ2) is 8.26. The number of nitrogen functional groups attached to an aromatic ring is 1. The van der Waals surface area contributed by atoms with E-state index in [2.05, 4.69) is 4.98 Å². The Labute approximate surface area is 174 Å². The standard InChI is InChI=1S/C20H21ClN3O4S/c1-13-9-14(2)18(15(3)10-13)29(25,26)28-20-19(23-17(21)11-24(20)22)27-12-16-7-5-4-6-8-16/h4-11H,12H2,1-3H3,(H2,22,23)/q+1. The number of benzene rings is 2. The van der Waals surface area contributed by atoms with E-state index in [1.54, 1.807) is 26.0 Å². The van der Waals surface area contributed by atoms with Crippen molar-refractivity contribution in [2.75, 3.05) is 5.84 Å². The molecule has 0 aliphatic carbocycles. The van der Waals surface area contributed by atoms with Crippen LogP contribution in [-0.4, -0.2) is 13.4 Å². The summed E-state index contributed by atoms with van der Waals surface area (Å²) in [6, 6.07) is 12.9. The topological polar surface area (TPSA) is 95.4 Å². The maximum atomic E-state index is 13.0. The number of ether oxygens (including phenoxy) is 1. The lowest BCUT2D eigenvalue weighted by molar-refractivity contribution is -0.643. The number of rotatable bonds is 6. The van der Waals surface area contributed by atoms with E-state index in [0.29, 0.717) is 11.1 Å². The van der Waals surface area contributed by atoms with Gasteiger partial charge in [-0.2, -0.15) is 13.4 Å². The molecule has 2 N–H and O–H groups in total. The van der Waals surface area contributed by atoms with Crippen molar-refractivity contribution in [2.45, 2.75) is 32.3 Å². The first-order chi connectivity index (χ1) is 13.7. The Hall–Kier alpha value is -2.84. The fourth-order valence-electron chi connectivity index (χ4n) is 3.06. The third-order valence-corrected chi connectivity index (χ3v) is 5.84. The first-order valence-corrected chi connectivity index (χ1v) is 10.5. The summed E-state index contributed by atoms with van der Waals surface area (Å²) in [6.45, 7) is 5.44. The molecule has 0 saturated carbocycles. The van der Waals surface area contributed by atoms with Crippen molar-refractivity contribution in [3.63, 3.8) is 0 Å². The zero-order valence-electron chi connectivity index (χ0n) is 16.2. The Morgan fingerprint density at radius 2 is 1.72 bits per heavy atom. The maximum Gasteiger partial charge on any atom is 0.477 e. The molecule has 0 atom stereocenters. The summed E-state index contributed by atoms with van der Waals surface area (Å²) in [5, 5.41) is 0.0306. The van der Waals surface area contributed by atoms with Gasteiger partial charge in [0.1, 0.15) is 11.5 Å². The third kappa shape index (κ3) is 4.78. The van der Waals surface area contributed by atoms with Gasteiger partial charge >= 0.3 is 21.9 Å². The zero-order chi connectivity index (χ0) is 21.2. The van der Waals surface area contributed by atoms with Crippen LogP contribution in [0.25, 0.3) is 0 Å². The van der Waals surface area contributed by atoms with Gasteiger partial charge in [-0.25, -0.2) is 5.84 Å². The normalized spacial score (nSPS) is 11.3. The van der Waals surface area contributed by atoms with Crippen molar-refractivity contribution in [1.29, 1.82) is 0 Å². The highest BCUT2D eigenvalue weighted by Crippen LogP contribution is 2.29. The van der Waals surface area contributed by atoms with Crippen LogP contribution in [0.1, 0.15) is 22.3 Å². The number of hydrogen-bond acceptors (Lipinski definition) is 6. The lowest BCUT2D eigenvalue weighted by Gasteiger charge is -2.13. The van der Waals surface area contributed by atoms with Crippen LogP contribution in [0.5, 0.6) is 11.8 Å². The van der Waals surface area contributed by atoms with E-state index in [4.69, 9.17) is 26.4 Å². The van der Waals surface area contributed by atoms with E-state index in [1.165, 1.54) is 6.20 Å². The molecule has 0 amide bonds. The van der Waals surface area contributed by atoms with E-state index in [0.717, 1.165) is 15.8 Å². The largest absolute Gasteiger partial charge is 0.477 e. The van der Waals surface area contributed by atoms with Crippen LogP contribution in [0.2, 0.25) is 5.15 Å². The Bertz CT molecular complexity index is 1130.